The Morgan fingerprint density at radius 3 is 2.74 bits per heavy atom. The summed E-state index contributed by atoms with van der Waals surface area (Å²) in [5.41, 5.74) is -1.24. The second kappa shape index (κ2) is 7.26. The number of rotatable bonds is 5. The third-order valence-electron chi connectivity index (χ3n) is 5.88. The fourth-order valence-electron chi connectivity index (χ4n) is 4.13. The smallest absolute Gasteiger partial charge is 0.235 e. The predicted molar refractivity (Wildman–Crippen MR) is 101 cm³/mol. The summed E-state index contributed by atoms with van der Waals surface area (Å²) in [6.07, 6.45) is 4.11. The SMILES string of the molecule is O=C(Nc1nnc(Cc2ccccc2F)s1)C1(C2(O)CCCNC2)CCC1. The highest BCUT2D eigenvalue weighted by molar-refractivity contribution is 7.15. The normalized spacial score (nSPS) is 24.2. The van der Waals surface area contributed by atoms with Gasteiger partial charge in [0.05, 0.1) is 11.0 Å². The Labute approximate surface area is 161 Å². The van der Waals surface area contributed by atoms with Crippen LogP contribution in [0.5, 0.6) is 0 Å². The van der Waals surface area contributed by atoms with Crippen LogP contribution in [-0.4, -0.2) is 39.9 Å². The van der Waals surface area contributed by atoms with Gasteiger partial charge in [0.15, 0.2) is 0 Å². The highest BCUT2D eigenvalue weighted by Crippen LogP contribution is 2.52. The van der Waals surface area contributed by atoms with E-state index in [4.69, 9.17) is 0 Å². The van der Waals surface area contributed by atoms with Gasteiger partial charge in [-0.05, 0) is 43.9 Å². The minimum absolute atomic E-state index is 0.187. The second-order valence-corrected chi connectivity index (χ2v) is 8.53. The Kier molecular flexibility index (Phi) is 4.96. The molecule has 1 aromatic heterocycles. The molecule has 1 aromatic carbocycles. The zero-order valence-electron chi connectivity index (χ0n) is 15.0. The van der Waals surface area contributed by atoms with Gasteiger partial charge in [-0.25, -0.2) is 4.39 Å². The van der Waals surface area contributed by atoms with E-state index in [0.717, 1.165) is 19.4 Å². The van der Waals surface area contributed by atoms with Gasteiger partial charge in [0.2, 0.25) is 11.0 Å². The van der Waals surface area contributed by atoms with Crippen molar-refractivity contribution in [3.05, 3.63) is 40.7 Å². The van der Waals surface area contributed by atoms with Crippen LogP contribution in [0.25, 0.3) is 0 Å². The Morgan fingerprint density at radius 1 is 1.26 bits per heavy atom. The molecule has 0 bridgehead atoms. The second-order valence-electron chi connectivity index (χ2n) is 7.47. The molecule has 0 spiro atoms. The molecule has 0 radical (unpaired) electrons. The molecule has 2 fully saturated rings. The first-order valence-corrected chi connectivity index (χ1v) is 10.1. The van der Waals surface area contributed by atoms with Gasteiger partial charge in [0.1, 0.15) is 10.8 Å². The van der Waals surface area contributed by atoms with Crippen LogP contribution in [0.1, 0.15) is 42.7 Å². The summed E-state index contributed by atoms with van der Waals surface area (Å²) in [5, 5.41) is 26.3. The van der Waals surface area contributed by atoms with Gasteiger partial charge in [-0.15, -0.1) is 10.2 Å². The van der Waals surface area contributed by atoms with E-state index in [1.54, 1.807) is 18.2 Å². The molecule has 1 amide bonds. The van der Waals surface area contributed by atoms with E-state index < -0.39 is 11.0 Å². The monoisotopic (exact) mass is 390 g/mol. The Bertz CT molecular complexity index is 831. The Balaban J connectivity index is 1.47. The van der Waals surface area contributed by atoms with Crippen molar-refractivity contribution >= 4 is 22.4 Å². The number of benzene rings is 1. The van der Waals surface area contributed by atoms with Crippen molar-refractivity contribution in [2.24, 2.45) is 5.41 Å². The number of hydrogen-bond donors (Lipinski definition) is 3. The molecule has 8 heteroatoms. The standard InChI is InChI=1S/C19H23FN4O2S/c20-14-6-2-1-5-13(14)11-15-23-24-17(27-15)22-16(25)18(7-3-8-18)19(26)9-4-10-21-12-19/h1-2,5-6,21,26H,3-4,7-12H2,(H,22,24,25). The molecular formula is C19H23FN4O2S. The Morgan fingerprint density at radius 2 is 2.07 bits per heavy atom. The molecule has 3 N–H and O–H groups in total. The molecule has 1 atom stereocenters. The molecule has 2 heterocycles. The van der Waals surface area contributed by atoms with Crippen LogP contribution in [-0.2, 0) is 11.2 Å². The molecule has 1 saturated heterocycles. The summed E-state index contributed by atoms with van der Waals surface area (Å²) in [4.78, 5) is 13.0. The summed E-state index contributed by atoms with van der Waals surface area (Å²) >= 11 is 1.24. The molecule has 4 rings (SSSR count). The number of nitrogens with one attached hydrogen (secondary N) is 2. The fourth-order valence-corrected chi connectivity index (χ4v) is 4.89. The van der Waals surface area contributed by atoms with E-state index in [1.807, 2.05) is 0 Å². The first-order chi connectivity index (χ1) is 13.0. The average Bonchev–Trinajstić information content (AvgIpc) is 3.03. The van der Waals surface area contributed by atoms with Crippen LogP contribution >= 0.6 is 11.3 Å². The molecule has 1 aliphatic carbocycles. The van der Waals surface area contributed by atoms with Crippen LogP contribution in [0.3, 0.4) is 0 Å². The molecular weight excluding hydrogens is 367 g/mol. The topological polar surface area (TPSA) is 87.1 Å². The number of amides is 1. The maximum atomic E-state index is 13.8. The van der Waals surface area contributed by atoms with Gasteiger partial charge in [-0.3, -0.25) is 10.1 Å². The van der Waals surface area contributed by atoms with E-state index in [0.29, 0.717) is 47.9 Å². The highest BCUT2D eigenvalue weighted by atomic mass is 32.1. The fraction of sp³-hybridized carbons (Fsp3) is 0.526. The van der Waals surface area contributed by atoms with Crippen molar-refractivity contribution in [1.29, 1.82) is 0 Å². The third kappa shape index (κ3) is 3.37. The van der Waals surface area contributed by atoms with Gasteiger partial charge in [-0.1, -0.05) is 36.0 Å². The van der Waals surface area contributed by atoms with Crippen molar-refractivity contribution < 1.29 is 14.3 Å². The maximum Gasteiger partial charge on any atom is 0.235 e. The number of nitrogens with zero attached hydrogens (tertiary/aromatic N) is 2. The summed E-state index contributed by atoms with van der Waals surface area (Å²) in [7, 11) is 0. The zero-order valence-corrected chi connectivity index (χ0v) is 15.8. The number of hydrogen-bond acceptors (Lipinski definition) is 6. The number of aliphatic hydroxyl groups is 1. The molecule has 1 unspecified atom stereocenters. The summed E-state index contributed by atoms with van der Waals surface area (Å²) < 4.78 is 13.8. The average molecular weight is 390 g/mol. The number of carbonyl (C=O) groups excluding carboxylic acids is 1. The Hall–Kier alpha value is -1.90. The van der Waals surface area contributed by atoms with Crippen LogP contribution < -0.4 is 10.6 Å². The quantitative estimate of drug-likeness (QED) is 0.730. The van der Waals surface area contributed by atoms with E-state index in [2.05, 4.69) is 20.8 Å². The first-order valence-electron chi connectivity index (χ1n) is 9.33. The number of carbonyl (C=O) groups is 1. The molecule has 27 heavy (non-hydrogen) atoms. The van der Waals surface area contributed by atoms with E-state index in [-0.39, 0.29) is 11.7 Å². The lowest BCUT2D eigenvalue weighted by Crippen LogP contribution is -2.64. The van der Waals surface area contributed by atoms with Crippen LogP contribution in [0.15, 0.2) is 24.3 Å². The number of piperidine rings is 1. The van der Waals surface area contributed by atoms with Crippen LogP contribution in [0.4, 0.5) is 9.52 Å². The zero-order chi connectivity index (χ0) is 18.9. The van der Waals surface area contributed by atoms with Crippen molar-refractivity contribution in [3.63, 3.8) is 0 Å². The lowest BCUT2D eigenvalue weighted by molar-refractivity contribution is -0.165. The van der Waals surface area contributed by atoms with E-state index >= 15 is 0 Å². The maximum absolute atomic E-state index is 13.8. The lowest BCUT2D eigenvalue weighted by atomic mass is 9.56. The molecule has 1 saturated carbocycles. The van der Waals surface area contributed by atoms with Gasteiger partial charge < -0.3 is 10.4 Å². The van der Waals surface area contributed by atoms with Gasteiger partial charge in [0, 0.05) is 13.0 Å². The predicted octanol–water partition coefficient (Wildman–Crippen LogP) is 2.49. The number of aromatic nitrogens is 2. The van der Waals surface area contributed by atoms with Gasteiger partial charge in [-0.2, -0.15) is 0 Å². The first kappa shape index (κ1) is 18.5. The highest BCUT2D eigenvalue weighted by Gasteiger charge is 2.59. The number of halogens is 1. The minimum atomic E-state index is -1.02. The largest absolute Gasteiger partial charge is 0.387 e. The third-order valence-corrected chi connectivity index (χ3v) is 6.72. The molecule has 1 aliphatic heterocycles. The van der Waals surface area contributed by atoms with Crippen LogP contribution in [0, 0.1) is 11.2 Å². The van der Waals surface area contributed by atoms with Crippen molar-refractivity contribution in [1.82, 2.24) is 15.5 Å². The van der Waals surface area contributed by atoms with Gasteiger partial charge in [0.25, 0.3) is 0 Å². The van der Waals surface area contributed by atoms with Crippen molar-refractivity contribution in [2.45, 2.75) is 44.1 Å². The van der Waals surface area contributed by atoms with Crippen LogP contribution in [0.2, 0.25) is 0 Å². The molecule has 144 valence electrons. The van der Waals surface area contributed by atoms with E-state index in [1.165, 1.54) is 17.4 Å². The van der Waals surface area contributed by atoms with Crippen molar-refractivity contribution in [2.75, 3.05) is 18.4 Å². The molecule has 2 aromatic rings. The van der Waals surface area contributed by atoms with Crippen molar-refractivity contribution in [3.8, 4) is 0 Å². The summed E-state index contributed by atoms with van der Waals surface area (Å²) in [5.74, 6) is -0.465. The lowest BCUT2D eigenvalue weighted by Gasteiger charge is -2.53. The number of anilines is 1. The summed E-state index contributed by atoms with van der Waals surface area (Å²) in [6, 6.07) is 6.55. The van der Waals surface area contributed by atoms with Gasteiger partial charge >= 0.3 is 0 Å². The minimum Gasteiger partial charge on any atom is -0.387 e. The number of β-amino-alcohol motifs (C(OH)–C–C–N with tert-alkyl or cyclic N) is 1. The summed E-state index contributed by atoms with van der Waals surface area (Å²) in [6.45, 7) is 1.31. The molecule has 6 nitrogen and oxygen atoms in total. The molecule has 2 aliphatic rings. The van der Waals surface area contributed by atoms with E-state index in [9.17, 15) is 14.3 Å².